The summed E-state index contributed by atoms with van der Waals surface area (Å²) in [5, 5.41) is 2.91. The molecule has 0 heterocycles. The van der Waals surface area contributed by atoms with E-state index in [2.05, 4.69) is 36.5 Å². The number of ether oxygens (including phenoxy) is 2. The van der Waals surface area contributed by atoms with E-state index in [-0.39, 0.29) is 5.91 Å². The van der Waals surface area contributed by atoms with Crippen molar-refractivity contribution < 1.29 is 14.3 Å². The lowest BCUT2D eigenvalue weighted by atomic mass is 10.2. The Labute approximate surface area is 147 Å². The van der Waals surface area contributed by atoms with E-state index in [4.69, 9.17) is 9.47 Å². The SMILES string of the molecule is COc1ccc(OCCC(=O)NCCSc2ccc(C)cc2)cc1. The Balaban J connectivity index is 1.56. The number of nitrogens with one attached hydrogen (secondary N) is 1. The van der Waals surface area contributed by atoms with Crippen LogP contribution in [0.1, 0.15) is 12.0 Å². The van der Waals surface area contributed by atoms with Crippen LogP contribution in [0.3, 0.4) is 0 Å². The molecular formula is C19H23NO3S. The van der Waals surface area contributed by atoms with Gasteiger partial charge < -0.3 is 14.8 Å². The Kier molecular flexibility index (Phi) is 7.49. The van der Waals surface area contributed by atoms with Gasteiger partial charge in [-0.25, -0.2) is 0 Å². The average Bonchev–Trinajstić information content (AvgIpc) is 2.61. The van der Waals surface area contributed by atoms with Crippen molar-refractivity contribution in [3.63, 3.8) is 0 Å². The molecule has 128 valence electrons. The molecule has 0 atom stereocenters. The third-order valence-electron chi connectivity index (χ3n) is 3.37. The molecule has 0 spiro atoms. The summed E-state index contributed by atoms with van der Waals surface area (Å²) in [6.07, 6.45) is 0.348. The van der Waals surface area contributed by atoms with Crippen molar-refractivity contribution in [3.05, 3.63) is 54.1 Å². The van der Waals surface area contributed by atoms with Crippen LogP contribution in [-0.2, 0) is 4.79 Å². The lowest BCUT2D eigenvalue weighted by Crippen LogP contribution is -2.27. The van der Waals surface area contributed by atoms with Gasteiger partial charge >= 0.3 is 0 Å². The number of hydrogen-bond acceptors (Lipinski definition) is 4. The van der Waals surface area contributed by atoms with Crippen LogP contribution in [0.25, 0.3) is 0 Å². The topological polar surface area (TPSA) is 47.6 Å². The highest BCUT2D eigenvalue weighted by Crippen LogP contribution is 2.18. The van der Waals surface area contributed by atoms with Crippen LogP contribution < -0.4 is 14.8 Å². The van der Waals surface area contributed by atoms with Crippen molar-refractivity contribution in [2.45, 2.75) is 18.2 Å². The summed E-state index contributed by atoms with van der Waals surface area (Å²) in [4.78, 5) is 13.0. The van der Waals surface area contributed by atoms with Crippen LogP contribution in [0.15, 0.2) is 53.4 Å². The summed E-state index contributed by atoms with van der Waals surface area (Å²) < 4.78 is 10.6. The van der Waals surface area contributed by atoms with Gasteiger partial charge in [0.05, 0.1) is 20.1 Å². The zero-order chi connectivity index (χ0) is 17.2. The molecule has 0 aliphatic rings. The normalized spacial score (nSPS) is 10.2. The van der Waals surface area contributed by atoms with E-state index in [1.807, 2.05) is 24.3 Å². The third kappa shape index (κ3) is 6.54. The zero-order valence-electron chi connectivity index (χ0n) is 14.1. The first-order valence-corrected chi connectivity index (χ1v) is 8.89. The quantitative estimate of drug-likeness (QED) is 0.556. The van der Waals surface area contributed by atoms with Gasteiger partial charge in [0.2, 0.25) is 5.91 Å². The number of amides is 1. The number of carbonyl (C=O) groups excluding carboxylic acids is 1. The Bertz CT molecular complexity index is 626. The molecule has 0 bridgehead atoms. The Hall–Kier alpha value is -2.14. The van der Waals surface area contributed by atoms with E-state index in [0.29, 0.717) is 19.6 Å². The van der Waals surface area contributed by atoms with Crippen LogP contribution in [0.5, 0.6) is 11.5 Å². The fourth-order valence-corrected chi connectivity index (χ4v) is 2.78. The fraction of sp³-hybridized carbons (Fsp3) is 0.316. The van der Waals surface area contributed by atoms with Gasteiger partial charge in [-0.3, -0.25) is 4.79 Å². The summed E-state index contributed by atoms with van der Waals surface area (Å²) in [6.45, 7) is 3.09. The second-order valence-electron chi connectivity index (χ2n) is 5.29. The van der Waals surface area contributed by atoms with Crippen LogP contribution in [0.2, 0.25) is 0 Å². The molecule has 0 saturated heterocycles. The summed E-state index contributed by atoms with van der Waals surface area (Å²) in [6, 6.07) is 15.7. The minimum atomic E-state index is 0.00742. The molecule has 0 aliphatic heterocycles. The number of hydrogen-bond donors (Lipinski definition) is 1. The minimum absolute atomic E-state index is 0.00742. The van der Waals surface area contributed by atoms with Crippen LogP contribution in [-0.4, -0.2) is 31.9 Å². The number of methoxy groups -OCH3 is 1. The molecule has 5 heteroatoms. The van der Waals surface area contributed by atoms with Gasteiger partial charge in [0, 0.05) is 17.2 Å². The Morgan fingerprint density at radius 3 is 2.38 bits per heavy atom. The number of thioether (sulfide) groups is 1. The molecule has 0 unspecified atom stereocenters. The predicted molar refractivity (Wildman–Crippen MR) is 98.0 cm³/mol. The van der Waals surface area contributed by atoms with Gasteiger partial charge in [0.15, 0.2) is 0 Å². The lowest BCUT2D eigenvalue weighted by Gasteiger charge is -2.08. The van der Waals surface area contributed by atoms with Gasteiger partial charge in [-0.15, -0.1) is 11.8 Å². The van der Waals surface area contributed by atoms with Crippen molar-refractivity contribution in [2.24, 2.45) is 0 Å². The van der Waals surface area contributed by atoms with Gasteiger partial charge in [-0.1, -0.05) is 17.7 Å². The van der Waals surface area contributed by atoms with E-state index >= 15 is 0 Å². The number of rotatable bonds is 9. The summed E-state index contributed by atoms with van der Waals surface area (Å²) in [7, 11) is 1.62. The maximum atomic E-state index is 11.8. The highest BCUT2D eigenvalue weighted by atomic mass is 32.2. The van der Waals surface area contributed by atoms with Crippen molar-refractivity contribution in [2.75, 3.05) is 26.0 Å². The lowest BCUT2D eigenvalue weighted by molar-refractivity contribution is -0.121. The van der Waals surface area contributed by atoms with Gasteiger partial charge in [-0.2, -0.15) is 0 Å². The van der Waals surface area contributed by atoms with E-state index in [9.17, 15) is 4.79 Å². The van der Waals surface area contributed by atoms with Gasteiger partial charge in [0.25, 0.3) is 0 Å². The molecule has 2 aromatic rings. The smallest absolute Gasteiger partial charge is 0.223 e. The van der Waals surface area contributed by atoms with Gasteiger partial charge in [-0.05, 0) is 43.3 Å². The third-order valence-corrected chi connectivity index (χ3v) is 4.38. The highest BCUT2D eigenvalue weighted by Gasteiger charge is 2.02. The summed E-state index contributed by atoms with van der Waals surface area (Å²) in [5.41, 5.74) is 1.25. The van der Waals surface area contributed by atoms with Crippen LogP contribution >= 0.6 is 11.8 Å². The van der Waals surface area contributed by atoms with Crippen molar-refractivity contribution in [1.29, 1.82) is 0 Å². The number of carbonyl (C=O) groups is 1. The fourth-order valence-electron chi connectivity index (χ4n) is 2.02. The maximum absolute atomic E-state index is 11.8. The van der Waals surface area contributed by atoms with E-state index in [1.165, 1.54) is 10.5 Å². The first-order valence-electron chi connectivity index (χ1n) is 7.90. The zero-order valence-corrected chi connectivity index (χ0v) is 14.9. The predicted octanol–water partition coefficient (Wildman–Crippen LogP) is 3.68. The molecule has 4 nitrogen and oxygen atoms in total. The second-order valence-corrected chi connectivity index (χ2v) is 6.45. The molecular weight excluding hydrogens is 322 g/mol. The summed E-state index contributed by atoms with van der Waals surface area (Å²) in [5.74, 6) is 2.38. The average molecular weight is 345 g/mol. The molecule has 0 fully saturated rings. The van der Waals surface area contributed by atoms with E-state index < -0.39 is 0 Å². The van der Waals surface area contributed by atoms with Crippen molar-refractivity contribution in [1.82, 2.24) is 5.32 Å². The number of aryl methyl sites for hydroxylation is 1. The highest BCUT2D eigenvalue weighted by molar-refractivity contribution is 7.99. The van der Waals surface area contributed by atoms with Gasteiger partial charge in [0.1, 0.15) is 11.5 Å². The molecule has 0 radical (unpaired) electrons. The Morgan fingerprint density at radius 1 is 1.04 bits per heavy atom. The molecule has 0 aliphatic carbocycles. The molecule has 1 amide bonds. The van der Waals surface area contributed by atoms with Crippen LogP contribution in [0.4, 0.5) is 0 Å². The number of benzene rings is 2. The molecule has 0 aromatic heterocycles. The second kappa shape index (κ2) is 9.88. The standard InChI is InChI=1S/C19H23NO3S/c1-15-3-9-18(10-4-15)24-14-12-20-19(21)11-13-23-17-7-5-16(22-2)6-8-17/h3-10H,11-14H2,1-2H3,(H,20,21). The monoisotopic (exact) mass is 345 g/mol. The molecule has 24 heavy (non-hydrogen) atoms. The van der Waals surface area contributed by atoms with E-state index in [0.717, 1.165) is 17.3 Å². The first kappa shape index (κ1) is 18.2. The molecule has 2 rings (SSSR count). The van der Waals surface area contributed by atoms with Crippen molar-refractivity contribution in [3.8, 4) is 11.5 Å². The molecule has 0 saturated carbocycles. The Morgan fingerprint density at radius 2 is 1.71 bits per heavy atom. The first-order chi connectivity index (χ1) is 11.7. The van der Waals surface area contributed by atoms with Crippen LogP contribution in [0, 0.1) is 6.92 Å². The summed E-state index contributed by atoms with van der Waals surface area (Å²) >= 11 is 1.74. The maximum Gasteiger partial charge on any atom is 0.223 e. The largest absolute Gasteiger partial charge is 0.497 e. The minimum Gasteiger partial charge on any atom is -0.497 e. The van der Waals surface area contributed by atoms with E-state index in [1.54, 1.807) is 18.9 Å². The molecule has 1 N–H and O–H groups in total. The molecule has 2 aromatic carbocycles. The van der Waals surface area contributed by atoms with Crippen molar-refractivity contribution >= 4 is 17.7 Å².